The van der Waals surface area contributed by atoms with Gasteiger partial charge in [0.15, 0.2) is 0 Å². The molecule has 84 valence electrons. The summed E-state index contributed by atoms with van der Waals surface area (Å²) in [5, 5.41) is 8.83. The van der Waals surface area contributed by atoms with Gasteiger partial charge >= 0.3 is 12.0 Å². The summed E-state index contributed by atoms with van der Waals surface area (Å²) in [6, 6.07) is -0.689. The van der Waals surface area contributed by atoms with Crippen molar-refractivity contribution in [2.24, 2.45) is 5.92 Å². The topological polar surface area (TPSA) is 60.9 Å². The Morgan fingerprint density at radius 1 is 1.27 bits per heavy atom. The number of rotatable bonds is 1. The van der Waals surface area contributed by atoms with Gasteiger partial charge in [0, 0.05) is 19.6 Å². The number of carboxylic acid groups (broad SMARTS) is 1. The third-order valence-electron chi connectivity index (χ3n) is 3.24. The van der Waals surface area contributed by atoms with Crippen LogP contribution in [0.3, 0.4) is 0 Å². The van der Waals surface area contributed by atoms with E-state index in [1.54, 1.807) is 4.90 Å². The molecule has 5 nitrogen and oxygen atoms in total. The van der Waals surface area contributed by atoms with Gasteiger partial charge in [-0.05, 0) is 18.8 Å². The summed E-state index contributed by atoms with van der Waals surface area (Å²) in [6.07, 6.45) is 1.61. The minimum Gasteiger partial charge on any atom is -0.480 e. The Kier molecular flexibility index (Phi) is 2.54. The molecule has 1 N–H and O–H groups in total. The third kappa shape index (κ3) is 1.78. The Labute approximate surface area is 88.6 Å². The number of urea groups is 1. The molecule has 0 aromatic carbocycles. The molecule has 15 heavy (non-hydrogen) atoms. The van der Waals surface area contributed by atoms with E-state index in [0.717, 1.165) is 19.5 Å². The number of nitrogens with zero attached hydrogens (tertiary/aromatic N) is 2. The summed E-state index contributed by atoms with van der Waals surface area (Å²) in [7, 11) is 0. The standard InChI is InChI=1S/C10H16N2O3/c1-7-2-4-11(6-7)10(15)12-5-3-8(12)9(13)14/h7-8H,2-6H2,1H3,(H,13,14). The first-order valence-corrected chi connectivity index (χ1v) is 5.38. The zero-order valence-electron chi connectivity index (χ0n) is 8.85. The van der Waals surface area contributed by atoms with Crippen molar-refractivity contribution in [1.82, 2.24) is 9.80 Å². The third-order valence-corrected chi connectivity index (χ3v) is 3.24. The molecule has 2 fully saturated rings. The molecule has 2 aliphatic heterocycles. The van der Waals surface area contributed by atoms with Gasteiger partial charge in [0.05, 0.1) is 0 Å². The molecule has 0 saturated carbocycles. The van der Waals surface area contributed by atoms with Crippen molar-refractivity contribution < 1.29 is 14.7 Å². The monoisotopic (exact) mass is 212 g/mol. The van der Waals surface area contributed by atoms with E-state index in [4.69, 9.17) is 5.11 Å². The molecular formula is C10H16N2O3. The zero-order valence-corrected chi connectivity index (χ0v) is 8.85. The van der Waals surface area contributed by atoms with Gasteiger partial charge in [-0.15, -0.1) is 0 Å². The number of hydrogen-bond donors (Lipinski definition) is 1. The highest BCUT2D eigenvalue weighted by atomic mass is 16.4. The lowest BCUT2D eigenvalue weighted by atomic mass is 10.0. The molecule has 0 radical (unpaired) electrons. The van der Waals surface area contributed by atoms with E-state index in [0.29, 0.717) is 18.9 Å². The molecule has 2 aliphatic rings. The Hall–Kier alpha value is -1.26. The molecule has 2 atom stereocenters. The highest BCUT2D eigenvalue weighted by Crippen LogP contribution is 2.23. The predicted octanol–water partition coefficient (Wildman–Crippen LogP) is 0.607. The van der Waals surface area contributed by atoms with E-state index in [2.05, 4.69) is 6.92 Å². The maximum atomic E-state index is 11.9. The summed E-state index contributed by atoms with van der Waals surface area (Å²) in [5.41, 5.74) is 0. The molecule has 0 aromatic heterocycles. The first kappa shape index (κ1) is 10.3. The molecule has 0 aliphatic carbocycles. The minimum absolute atomic E-state index is 0.0991. The average molecular weight is 212 g/mol. The summed E-state index contributed by atoms with van der Waals surface area (Å²) in [4.78, 5) is 25.9. The van der Waals surface area contributed by atoms with Crippen LogP contribution in [0.25, 0.3) is 0 Å². The van der Waals surface area contributed by atoms with Crippen LogP contribution >= 0.6 is 0 Å². The van der Waals surface area contributed by atoms with Crippen LogP contribution in [-0.2, 0) is 4.79 Å². The van der Waals surface area contributed by atoms with Gasteiger partial charge < -0.3 is 14.9 Å². The number of aliphatic carboxylic acids is 1. The molecule has 2 saturated heterocycles. The van der Waals surface area contributed by atoms with Gasteiger partial charge in [0.1, 0.15) is 6.04 Å². The summed E-state index contributed by atoms with van der Waals surface area (Å²) in [5.74, 6) is -0.347. The molecule has 2 rings (SSSR count). The van der Waals surface area contributed by atoms with Crippen LogP contribution in [0.4, 0.5) is 4.79 Å². The van der Waals surface area contributed by atoms with Gasteiger partial charge in [0.2, 0.25) is 0 Å². The highest BCUT2D eigenvalue weighted by Gasteiger charge is 2.40. The Balaban J connectivity index is 1.94. The largest absolute Gasteiger partial charge is 0.480 e. The van der Waals surface area contributed by atoms with Crippen LogP contribution in [0.2, 0.25) is 0 Å². The average Bonchev–Trinajstić information content (AvgIpc) is 2.48. The maximum absolute atomic E-state index is 11.9. The molecule has 0 bridgehead atoms. The van der Waals surface area contributed by atoms with Crippen LogP contribution < -0.4 is 0 Å². The van der Waals surface area contributed by atoms with Gasteiger partial charge in [-0.3, -0.25) is 0 Å². The SMILES string of the molecule is CC1CCN(C(=O)N2CCC2C(=O)O)C1. The summed E-state index contributed by atoms with van der Waals surface area (Å²) < 4.78 is 0. The molecule has 0 aromatic rings. The molecule has 2 heterocycles. The first-order valence-electron chi connectivity index (χ1n) is 5.38. The zero-order chi connectivity index (χ0) is 11.0. The quantitative estimate of drug-likeness (QED) is 0.692. The van der Waals surface area contributed by atoms with Gasteiger partial charge in [-0.25, -0.2) is 9.59 Å². The van der Waals surface area contributed by atoms with Crippen LogP contribution in [0.1, 0.15) is 19.8 Å². The van der Waals surface area contributed by atoms with E-state index in [-0.39, 0.29) is 6.03 Å². The molecule has 2 amide bonds. The fourth-order valence-electron chi connectivity index (χ4n) is 2.16. The van der Waals surface area contributed by atoms with Crippen LogP contribution in [0, 0.1) is 5.92 Å². The van der Waals surface area contributed by atoms with Crippen molar-refractivity contribution in [2.45, 2.75) is 25.8 Å². The van der Waals surface area contributed by atoms with Crippen molar-refractivity contribution in [2.75, 3.05) is 19.6 Å². The normalized spacial score (nSPS) is 30.2. The second-order valence-electron chi connectivity index (χ2n) is 4.46. The molecule has 5 heteroatoms. The predicted molar refractivity (Wildman–Crippen MR) is 53.5 cm³/mol. The lowest BCUT2D eigenvalue weighted by Gasteiger charge is -2.40. The fraction of sp³-hybridized carbons (Fsp3) is 0.800. The number of amides is 2. The fourth-order valence-corrected chi connectivity index (χ4v) is 2.16. The maximum Gasteiger partial charge on any atom is 0.326 e. The van der Waals surface area contributed by atoms with Crippen LogP contribution in [0.15, 0.2) is 0 Å². The summed E-state index contributed by atoms with van der Waals surface area (Å²) >= 11 is 0. The van der Waals surface area contributed by atoms with Gasteiger partial charge in [-0.2, -0.15) is 0 Å². The van der Waals surface area contributed by atoms with Gasteiger partial charge in [-0.1, -0.05) is 6.92 Å². The Morgan fingerprint density at radius 3 is 2.40 bits per heavy atom. The van der Waals surface area contributed by atoms with E-state index in [1.807, 2.05) is 0 Å². The second-order valence-corrected chi connectivity index (χ2v) is 4.46. The lowest BCUT2D eigenvalue weighted by Crippen LogP contribution is -2.58. The van der Waals surface area contributed by atoms with Crippen molar-refractivity contribution in [3.63, 3.8) is 0 Å². The smallest absolute Gasteiger partial charge is 0.326 e. The van der Waals surface area contributed by atoms with Crippen LogP contribution in [-0.4, -0.2) is 52.6 Å². The van der Waals surface area contributed by atoms with Crippen molar-refractivity contribution in [3.05, 3.63) is 0 Å². The number of hydrogen-bond acceptors (Lipinski definition) is 2. The van der Waals surface area contributed by atoms with Crippen molar-refractivity contribution in [3.8, 4) is 0 Å². The molecule has 0 spiro atoms. The molecular weight excluding hydrogens is 196 g/mol. The Bertz CT molecular complexity index is 292. The Morgan fingerprint density at radius 2 is 2.00 bits per heavy atom. The first-order chi connectivity index (χ1) is 7.09. The highest BCUT2D eigenvalue weighted by molar-refractivity contribution is 5.84. The summed E-state index contributed by atoms with van der Waals surface area (Å²) in [6.45, 7) is 4.23. The number of carbonyl (C=O) groups is 2. The number of likely N-dealkylation sites (tertiary alicyclic amines) is 2. The van der Waals surface area contributed by atoms with E-state index in [1.165, 1.54) is 4.90 Å². The van der Waals surface area contributed by atoms with Crippen LogP contribution in [0.5, 0.6) is 0 Å². The number of carbonyl (C=O) groups excluding carboxylic acids is 1. The van der Waals surface area contributed by atoms with Gasteiger partial charge in [0.25, 0.3) is 0 Å². The van der Waals surface area contributed by atoms with E-state index >= 15 is 0 Å². The van der Waals surface area contributed by atoms with E-state index in [9.17, 15) is 9.59 Å². The van der Waals surface area contributed by atoms with E-state index < -0.39 is 12.0 Å². The minimum atomic E-state index is -0.887. The van der Waals surface area contributed by atoms with Crippen molar-refractivity contribution in [1.29, 1.82) is 0 Å². The number of carboxylic acids is 1. The molecule has 2 unspecified atom stereocenters. The van der Waals surface area contributed by atoms with Crippen molar-refractivity contribution >= 4 is 12.0 Å². The lowest BCUT2D eigenvalue weighted by molar-refractivity contribution is -0.146. The second kappa shape index (κ2) is 3.72.